The Morgan fingerprint density at radius 1 is 1.25 bits per heavy atom. The first-order valence-electron chi connectivity index (χ1n) is 5.99. The largest absolute Gasteiger partial charge is 0.506 e. The molecule has 0 saturated heterocycles. The molecule has 0 bridgehead atoms. The van der Waals surface area contributed by atoms with Crippen molar-refractivity contribution in [2.75, 3.05) is 0 Å². The Morgan fingerprint density at radius 3 is 2.70 bits per heavy atom. The molecule has 0 fully saturated rings. The molecule has 0 atom stereocenters. The molecule has 2 aromatic rings. The number of halogens is 1. The van der Waals surface area contributed by atoms with E-state index in [1.165, 1.54) is 12.3 Å². The van der Waals surface area contributed by atoms with Crippen molar-refractivity contribution in [2.45, 2.75) is 6.42 Å². The van der Waals surface area contributed by atoms with Gasteiger partial charge in [0.2, 0.25) is 5.91 Å². The lowest BCUT2D eigenvalue weighted by Crippen LogP contribution is -2.19. The predicted molar refractivity (Wildman–Crippen MR) is 79.0 cm³/mol. The molecule has 0 spiro atoms. The highest BCUT2D eigenvalue weighted by Crippen LogP contribution is 2.22. The van der Waals surface area contributed by atoms with Crippen LogP contribution in [0.3, 0.4) is 0 Å². The number of phenolic OH excluding ortho intramolecular Hbond substituents is 1. The number of carbonyl (C=O) groups is 1. The number of rotatable bonds is 4. The van der Waals surface area contributed by atoms with Gasteiger partial charge in [-0.25, -0.2) is 5.43 Å². The van der Waals surface area contributed by atoms with Gasteiger partial charge in [0.1, 0.15) is 5.75 Å². The summed E-state index contributed by atoms with van der Waals surface area (Å²) >= 11 is 5.76. The summed E-state index contributed by atoms with van der Waals surface area (Å²) in [6.45, 7) is 0. The third kappa shape index (κ3) is 4.10. The van der Waals surface area contributed by atoms with Crippen molar-refractivity contribution >= 4 is 23.7 Å². The van der Waals surface area contributed by atoms with Gasteiger partial charge in [-0.2, -0.15) is 5.10 Å². The molecular formula is C15H13ClN2O2. The second-order valence-electron chi connectivity index (χ2n) is 4.17. The van der Waals surface area contributed by atoms with E-state index in [0.29, 0.717) is 5.56 Å². The molecule has 2 rings (SSSR count). The van der Waals surface area contributed by atoms with E-state index in [9.17, 15) is 9.90 Å². The van der Waals surface area contributed by atoms with E-state index in [4.69, 9.17) is 11.6 Å². The molecule has 20 heavy (non-hydrogen) atoms. The van der Waals surface area contributed by atoms with Gasteiger partial charge >= 0.3 is 0 Å². The summed E-state index contributed by atoms with van der Waals surface area (Å²) in [5.41, 5.74) is 4.05. The first kappa shape index (κ1) is 14.1. The molecule has 0 unspecified atom stereocenters. The van der Waals surface area contributed by atoms with Crippen LogP contribution in [0.2, 0.25) is 5.02 Å². The fourth-order valence-electron chi connectivity index (χ4n) is 1.60. The quantitative estimate of drug-likeness (QED) is 0.671. The average Bonchev–Trinajstić information content (AvgIpc) is 2.44. The summed E-state index contributed by atoms with van der Waals surface area (Å²) in [7, 11) is 0. The van der Waals surface area contributed by atoms with Crippen LogP contribution in [0.1, 0.15) is 11.1 Å². The van der Waals surface area contributed by atoms with Gasteiger partial charge in [0.25, 0.3) is 0 Å². The maximum atomic E-state index is 11.6. The van der Waals surface area contributed by atoms with Crippen LogP contribution in [-0.2, 0) is 11.2 Å². The van der Waals surface area contributed by atoms with Gasteiger partial charge in [0.05, 0.1) is 17.7 Å². The minimum Gasteiger partial charge on any atom is -0.506 e. The van der Waals surface area contributed by atoms with Gasteiger partial charge in [-0.1, -0.05) is 41.9 Å². The third-order valence-electron chi connectivity index (χ3n) is 2.58. The van der Waals surface area contributed by atoms with E-state index in [2.05, 4.69) is 10.5 Å². The van der Waals surface area contributed by atoms with Crippen LogP contribution in [0.4, 0.5) is 0 Å². The fraction of sp³-hybridized carbons (Fsp3) is 0.0667. The van der Waals surface area contributed by atoms with Gasteiger partial charge in [0.15, 0.2) is 0 Å². The smallest absolute Gasteiger partial charge is 0.244 e. The van der Waals surface area contributed by atoms with Crippen molar-refractivity contribution < 1.29 is 9.90 Å². The highest BCUT2D eigenvalue weighted by Gasteiger charge is 2.01. The Balaban J connectivity index is 1.89. The molecule has 0 aliphatic carbocycles. The summed E-state index contributed by atoms with van der Waals surface area (Å²) in [4.78, 5) is 11.6. The zero-order valence-corrected chi connectivity index (χ0v) is 11.3. The first-order valence-corrected chi connectivity index (χ1v) is 6.37. The summed E-state index contributed by atoms with van der Waals surface area (Å²) in [5.74, 6) is -0.186. The second-order valence-corrected chi connectivity index (χ2v) is 4.57. The lowest BCUT2D eigenvalue weighted by molar-refractivity contribution is -0.120. The van der Waals surface area contributed by atoms with E-state index in [0.717, 1.165) is 5.56 Å². The molecule has 102 valence electrons. The summed E-state index contributed by atoms with van der Waals surface area (Å²) in [5, 5.41) is 13.4. The fourth-order valence-corrected chi connectivity index (χ4v) is 1.79. The number of hydrogen-bond donors (Lipinski definition) is 2. The van der Waals surface area contributed by atoms with Crippen molar-refractivity contribution in [1.29, 1.82) is 0 Å². The number of carbonyl (C=O) groups excluding carboxylic acids is 1. The van der Waals surface area contributed by atoms with Crippen molar-refractivity contribution in [3.8, 4) is 5.75 Å². The van der Waals surface area contributed by atoms with Crippen LogP contribution < -0.4 is 5.43 Å². The van der Waals surface area contributed by atoms with E-state index in [1.807, 2.05) is 30.3 Å². The number of phenols is 1. The molecule has 0 aliphatic heterocycles. The number of hydrazone groups is 1. The van der Waals surface area contributed by atoms with Crippen molar-refractivity contribution in [3.63, 3.8) is 0 Å². The maximum Gasteiger partial charge on any atom is 0.244 e. The molecule has 2 aromatic carbocycles. The molecule has 0 heterocycles. The Morgan fingerprint density at radius 2 is 2.00 bits per heavy atom. The minimum absolute atomic E-state index is 0.0110. The SMILES string of the molecule is O=C(Cc1ccccc1)N/N=C\c1ccc(O)c(Cl)c1. The van der Waals surface area contributed by atoms with Gasteiger partial charge in [-0.05, 0) is 29.3 Å². The highest BCUT2D eigenvalue weighted by molar-refractivity contribution is 6.32. The van der Waals surface area contributed by atoms with Crippen LogP contribution in [0.15, 0.2) is 53.6 Å². The molecule has 0 radical (unpaired) electrons. The van der Waals surface area contributed by atoms with Crippen LogP contribution in [-0.4, -0.2) is 17.2 Å². The number of hydrogen-bond acceptors (Lipinski definition) is 3. The molecule has 2 N–H and O–H groups in total. The minimum atomic E-state index is -0.197. The first-order chi connectivity index (χ1) is 9.65. The van der Waals surface area contributed by atoms with Crippen molar-refractivity contribution in [1.82, 2.24) is 5.43 Å². The van der Waals surface area contributed by atoms with Gasteiger partial charge in [-0.15, -0.1) is 0 Å². The van der Waals surface area contributed by atoms with E-state index in [1.54, 1.807) is 12.1 Å². The normalized spacial score (nSPS) is 10.7. The van der Waals surface area contributed by atoms with Crippen LogP contribution in [0, 0.1) is 0 Å². The molecule has 0 aliphatic rings. The van der Waals surface area contributed by atoms with Gasteiger partial charge < -0.3 is 5.11 Å². The lowest BCUT2D eigenvalue weighted by atomic mass is 10.1. The standard InChI is InChI=1S/C15H13ClN2O2/c16-13-8-12(6-7-14(13)19)10-17-18-15(20)9-11-4-2-1-3-5-11/h1-8,10,19H,9H2,(H,18,20)/b17-10-. The van der Waals surface area contributed by atoms with Gasteiger partial charge in [-0.3, -0.25) is 4.79 Å². The van der Waals surface area contributed by atoms with Crippen LogP contribution >= 0.6 is 11.6 Å². The third-order valence-corrected chi connectivity index (χ3v) is 2.88. The number of aromatic hydroxyl groups is 1. The lowest BCUT2D eigenvalue weighted by Gasteiger charge is -2.00. The number of amides is 1. The Hall–Kier alpha value is -2.33. The predicted octanol–water partition coefficient (Wildman–Crippen LogP) is 2.74. The zero-order valence-electron chi connectivity index (χ0n) is 10.6. The molecular weight excluding hydrogens is 276 g/mol. The van der Waals surface area contributed by atoms with Crippen LogP contribution in [0.5, 0.6) is 5.75 Å². The van der Waals surface area contributed by atoms with E-state index >= 15 is 0 Å². The molecule has 0 saturated carbocycles. The number of nitrogens with zero attached hydrogens (tertiary/aromatic N) is 1. The number of benzene rings is 2. The molecule has 4 nitrogen and oxygen atoms in total. The average molecular weight is 289 g/mol. The molecule has 0 aromatic heterocycles. The van der Waals surface area contributed by atoms with Gasteiger partial charge in [0, 0.05) is 0 Å². The van der Waals surface area contributed by atoms with E-state index < -0.39 is 0 Å². The van der Waals surface area contributed by atoms with E-state index in [-0.39, 0.29) is 23.1 Å². The number of nitrogens with one attached hydrogen (secondary N) is 1. The highest BCUT2D eigenvalue weighted by atomic mass is 35.5. The Bertz CT molecular complexity index is 627. The molecule has 5 heteroatoms. The van der Waals surface area contributed by atoms with Crippen molar-refractivity contribution in [3.05, 3.63) is 64.7 Å². The monoisotopic (exact) mass is 288 g/mol. The summed E-state index contributed by atoms with van der Waals surface area (Å²) < 4.78 is 0. The summed E-state index contributed by atoms with van der Waals surface area (Å²) in [6, 6.07) is 14.1. The van der Waals surface area contributed by atoms with Crippen molar-refractivity contribution in [2.24, 2.45) is 5.10 Å². The molecule has 1 amide bonds. The second kappa shape index (κ2) is 6.73. The van der Waals surface area contributed by atoms with Crippen LogP contribution in [0.25, 0.3) is 0 Å². The summed E-state index contributed by atoms with van der Waals surface area (Å²) in [6.07, 6.45) is 1.74. The Labute approximate surface area is 121 Å². The zero-order chi connectivity index (χ0) is 14.4. The topological polar surface area (TPSA) is 61.7 Å². The Kier molecular flexibility index (Phi) is 4.74. The maximum absolute atomic E-state index is 11.6.